The van der Waals surface area contributed by atoms with Crippen LogP contribution in [0.1, 0.15) is 348 Å². The molecule has 0 radical (unpaired) electrons. The van der Waals surface area contributed by atoms with Crippen LogP contribution in [-0.4, -0.2) is 47.4 Å². The van der Waals surface area contributed by atoms with Gasteiger partial charge in [0.05, 0.1) is 25.4 Å². The lowest BCUT2D eigenvalue weighted by molar-refractivity contribution is -0.143. The van der Waals surface area contributed by atoms with Gasteiger partial charge in [0.2, 0.25) is 5.91 Å². The van der Waals surface area contributed by atoms with Gasteiger partial charge >= 0.3 is 5.97 Å². The molecule has 0 aromatic heterocycles. The first kappa shape index (κ1) is 64.9. The maximum Gasteiger partial charge on any atom is 0.305 e. The molecule has 0 fully saturated rings. The highest BCUT2D eigenvalue weighted by Gasteiger charge is 2.20. The van der Waals surface area contributed by atoms with Crippen LogP contribution in [0.5, 0.6) is 0 Å². The summed E-state index contributed by atoms with van der Waals surface area (Å²) in [6, 6.07) is -0.544. The van der Waals surface area contributed by atoms with E-state index in [1.807, 2.05) is 0 Å². The number of carbonyl (C=O) groups is 2. The highest BCUT2D eigenvalue weighted by molar-refractivity contribution is 5.76. The van der Waals surface area contributed by atoms with Crippen molar-refractivity contribution in [1.82, 2.24) is 5.32 Å². The van der Waals surface area contributed by atoms with Crippen molar-refractivity contribution in [3.8, 4) is 0 Å². The Balaban J connectivity index is 3.40. The molecule has 0 aromatic rings. The van der Waals surface area contributed by atoms with Crippen LogP contribution in [0, 0.1) is 0 Å². The van der Waals surface area contributed by atoms with E-state index >= 15 is 0 Å². The third-order valence-corrected chi connectivity index (χ3v) is 14.4. The quantitative estimate of drug-likeness (QED) is 0.0417. The average Bonchev–Trinajstić information content (AvgIpc) is 3.32. The molecule has 0 spiro atoms. The molecular formula is C60H119NO5. The zero-order valence-electron chi connectivity index (χ0n) is 45.0. The van der Waals surface area contributed by atoms with E-state index < -0.39 is 12.1 Å². The van der Waals surface area contributed by atoms with Gasteiger partial charge in [0, 0.05) is 12.8 Å². The number of hydrogen-bond acceptors (Lipinski definition) is 5. The molecule has 0 heterocycles. The number of ether oxygens (including phenoxy) is 1. The van der Waals surface area contributed by atoms with E-state index in [4.69, 9.17) is 4.74 Å². The monoisotopic (exact) mass is 934 g/mol. The molecule has 0 aliphatic carbocycles. The molecule has 3 N–H and O–H groups in total. The minimum atomic E-state index is -0.666. The molecule has 0 aromatic carbocycles. The van der Waals surface area contributed by atoms with Crippen molar-refractivity contribution in [2.45, 2.75) is 360 Å². The minimum absolute atomic E-state index is 0.00818. The third-order valence-electron chi connectivity index (χ3n) is 14.4. The Bertz CT molecular complexity index is 944. The molecule has 0 rings (SSSR count). The van der Waals surface area contributed by atoms with Crippen molar-refractivity contribution in [2.24, 2.45) is 0 Å². The van der Waals surface area contributed by atoms with Gasteiger partial charge in [-0.05, 0) is 25.7 Å². The smallest absolute Gasteiger partial charge is 0.305 e. The second-order valence-electron chi connectivity index (χ2n) is 21.1. The molecule has 6 heteroatoms. The molecule has 0 aliphatic rings. The lowest BCUT2D eigenvalue weighted by Crippen LogP contribution is -2.45. The first-order valence-corrected chi connectivity index (χ1v) is 30.3. The van der Waals surface area contributed by atoms with Crippen molar-refractivity contribution in [1.29, 1.82) is 0 Å². The van der Waals surface area contributed by atoms with Crippen LogP contribution in [0.25, 0.3) is 0 Å². The summed E-state index contributed by atoms with van der Waals surface area (Å²) in [6.07, 6.45) is 65.3. The van der Waals surface area contributed by atoms with Gasteiger partial charge in [-0.1, -0.05) is 309 Å². The lowest BCUT2D eigenvalue weighted by atomic mass is 10.0. The first-order valence-electron chi connectivity index (χ1n) is 30.3. The Kier molecular flexibility index (Phi) is 55.5. The number of nitrogens with one attached hydrogen (secondary N) is 1. The molecule has 2 atom stereocenters. The van der Waals surface area contributed by atoms with E-state index in [2.05, 4.69) is 19.2 Å². The number of unbranched alkanes of at least 4 members (excludes halogenated alkanes) is 46. The Morgan fingerprint density at radius 1 is 0.364 bits per heavy atom. The third kappa shape index (κ3) is 52.2. The van der Waals surface area contributed by atoms with Crippen molar-refractivity contribution < 1.29 is 24.5 Å². The van der Waals surface area contributed by atoms with Crippen LogP contribution < -0.4 is 5.32 Å². The van der Waals surface area contributed by atoms with Crippen LogP contribution in [-0.2, 0) is 14.3 Å². The minimum Gasteiger partial charge on any atom is -0.466 e. The molecule has 0 saturated carbocycles. The highest BCUT2D eigenvalue weighted by Crippen LogP contribution is 2.18. The van der Waals surface area contributed by atoms with Gasteiger partial charge in [0.25, 0.3) is 0 Å². The van der Waals surface area contributed by atoms with Gasteiger partial charge < -0.3 is 20.3 Å². The van der Waals surface area contributed by atoms with E-state index in [1.165, 1.54) is 276 Å². The molecule has 0 aliphatic heterocycles. The van der Waals surface area contributed by atoms with Gasteiger partial charge in [-0.15, -0.1) is 0 Å². The lowest BCUT2D eigenvalue weighted by Gasteiger charge is -2.22. The Morgan fingerprint density at radius 2 is 0.621 bits per heavy atom. The molecule has 394 valence electrons. The van der Waals surface area contributed by atoms with E-state index in [0.29, 0.717) is 25.9 Å². The van der Waals surface area contributed by atoms with Crippen LogP contribution in [0.15, 0.2) is 0 Å². The maximum absolute atomic E-state index is 12.5. The number of rotatable bonds is 57. The second-order valence-corrected chi connectivity index (χ2v) is 21.1. The fourth-order valence-electron chi connectivity index (χ4n) is 9.76. The number of carbonyl (C=O) groups excluding carboxylic acids is 2. The van der Waals surface area contributed by atoms with Crippen LogP contribution >= 0.6 is 0 Å². The Labute approximate surface area is 413 Å². The number of aliphatic hydroxyl groups is 2. The molecule has 1 amide bonds. The topological polar surface area (TPSA) is 95.9 Å². The van der Waals surface area contributed by atoms with Gasteiger partial charge in [0.1, 0.15) is 0 Å². The summed E-state index contributed by atoms with van der Waals surface area (Å²) in [5, 5.41) is 23.4. The van der Waals surface area contributed by atoms with Gasteiger partial charge in [0.15, 0.2) is 0 Å². The largest absolute Gasteiger partial charge is 0.466 e. The predicted molar refractivity (Wildman–Crippen MR) is 287 cm³/mol. The fourth-order valence-corrected chi connectivity index (χ4v) is 9.76. The van der Waals surface area contributed by atoms with E-state index in [1.54, 1.807) is 0 Å². The van der Waals surface area contributed by atoms with Crippen molar-refractivity contribution >= 4 is 11.9 Å². The summed E-state index contributed by atoms with van der Waals surface area (Å²) in [7, 11) is 0. The molecule has 2 unspecified atom stereocenters. The van der Waals surface area contributed by atoms with Crippen molar-refractivity contribution in [2.75, 3.05) is 13.2 Å². The van der Waals surface area contributed by atoms with Crippen LogP contribution in [0.3, 0.4) is 0 Å². The van der Waals surface area contributed by atoms with E-state index in [9.17, 15) is 19.8 Å². The van der Waals surface area contributed by atoms with Gasteiger partial charge in [-0.2, -0.15) is 0 Å². The first-order chi connectivity index (χ1) is 32.5. The summed E-state index contributed by atoms with van der Waals surface area (Å²) >= 11 is 0. The average molecular weight is 935 g/mol. The number of aliphatic hydroxyl groups excluding tert-OH is 2. The van der Waals surface area contributed by atoms with Crippen molar-refractivity contribution in [3.63, 3.8) is 0 Å². The zero-order chi connectivity index (χ0) is 47.9. The van der Waals surface area contributed by atoms with E-state index in [0.717, 1.165) is 38.5 Å². The molecule has 6 nitrogen and oxygen atoms in total. The summed E-state index contributed by atoms with van der Waals surface area (Å²) in [6.45, 7) is 4.97. The summed E-state index contributed by atoms with van der Waals surface area (Å²) in [5.41, 5.74) is 0. The molecule has 0 saturated heterocycles. The highest BCUT2D eigenvalue weighted by atomic mass is 16.5. The molecular weight excluding hydrogens is 815 g/mol. The van der Waals surface area contributed by atoms with Crippen molar-refractivity contribution in [3.05, 3.63) is 0 Å². The Hall–Kier alpha value is -1.14. The normalized spacial score (nSPS) is 12.5. The standard InChI is InChI=1S/C60H119NO5/c1-3-5-7-9-11-13-15-16-17-18-19-20-23-26-29-33-36-40-44-48-52-58(63)57(56-62)61-59(64)53-49-45-41-37-34-30-27-24-21-22-25-28-31-35-39-43-47-51-55-66-60(65)54-50-46-42-38-32-14-12-10-8-6-4-2/h57-58,62-63H,3-56H2,1-2H3,(H,61,64). The SMILES string of the molecule is CCCCCCCCCCCCCCCCCCCCCCC(O)C(CO)NC(=O)CCCCCCCCCCCCCCCCCCCCOC(=O)CCCCCCCCCCCCC. The van der Waals surface area contributed by atoms with Gasteiger partial charge in [-0.3, -0.25) is 9.59 Å². The predicted octanol–water partition coefficient (Wildman–Crippen LogP) is 18.7. The van der Waals surface area contributed by atoms with Crippen LogP contribution in [0.4, 0.5) is 0 Å². The molecule has 0 bridgehead atoms. The summed E-state index contributed by atoms with van der Waals surface area (Å²) < 4.78 is 5.46. The summed E-state index contributed by atoms with van der Waals surface area (Å²) in [4.78, 5) is 24.5. The number of esters is 1. The second kappa shape index (κ2) is 56.4. The number of amides is 1. The van der Waals surface area contributed by atoms with E-state index in [-0.39, 0.29) is 18.5 Å². The number of hydrogen-bond donors (Lipinski definition) is 3. The Morgan fingerprint density at radius 3 is 0.924 bits per heavy atom. The maximum atomic E-state index is 12.5. The van der Waals surface area contributed by atoms with Crippen LogP contribution in [0.2, 0.25) is 0 Å². The fraction of sp³-hybridized carbons (Fsp3) is 0.967. The molecule has 66 heavy (non-hydrogen) atoms. The van der Waals surface area contributed by atoms with Gasteiger partial charge in [-0.25, -0.2) is 0 Å². The zero-order valence-corrected chi connectivity index (χ0v) is 45.0. The summed E-state index contributed by atoms with van der Waals surface area (Å²) in [5.74, 6) is -0.0265.